The van der Waals surface area contributed by atoms with Crippen LogP contribution in [0.2, 0.25) is 0 Å². The number of urea groups is 1. The number of amides is 3. The predicted molar refractivity (Wildman–Crippen MR) is 82.4 cm³/mol. The normalized spacial score (nSPS) is 11.9. The van der Waals surface area contributed by atoms with E-state index in [1.165, 1.54) is 4.68 Å². The van der Waals surface area contributed by atoms with Crippen molar-refractivity contribution in [1.29, 1.82) is 0 Å². The molecule has 1 heterocycles. The van der Waals surface area contributed by atoms with Gasteiger partial charge >= 0.3 is 6.03 Å². The number of imide groups is 1. The average Bonchev–Trinajstić information content (AvgIpc) is 2.50. The van der Waals surface area contributed by atoms with Crippen molar-refractivity contribution < 1.29 is 9.59 Å². The van der Waals surface area contributed by atoms with Crippen molar-refractivity contribution in [2.45, 2.75) is 32.9 Å². The van der Waals surface area contributed by atoms with Gasteiger partial charge in [0.2, 0.25) is 11.3 Å². The second-order valence-corrected chi connectivity index (χ2v) is 5.01. The molecule has 1 aromatic carbocycles. The van der Waals surface area contributed by atoms with E-state index in [1.807, 2.05) is 13.8 Å². The Balaban J connectivity index is 2.11. The molecular formula is C15H18N4O3. The summed E-state index contributed by atoms with van der Waals surface area (Å²) in [7, 11) is 0. The molecule has 22 heavy (non-hydrogen) atoms. The standard InChI is InChI=1S/C15H18N4O3/c1-3-10(2)17-15(22)18-14(21)9-19-12-7-5-4-6-11(12)13(20)8-16-19/h4-8,10H,3,9H2,1-2H3,(H2,17,18,21,22)/t10-/m0/s1. The Hall–Kier alpha value is -2.70. The van der Waals surface area contributed by atoms with Crippen LogP contribution < -0.4 is 16.1 Å². The topological polar surface area (TPSA) is 93.1 Å². The third-order valence-electron chi connectivity index (χ3n) is 3.30. The van der Waals surface area contributed by atoms with Crippen LogP contribution >= 0.6 is 0 Å². The zero-order valence-electron chi connectivity index (χ0n) is 12.5. The highest BCUT2D eigenvalue weighted by Gasteiger charge is 2.12. The van der Waals surface area contributed by atoms with Crippen LogP contribution in [0.5, 0.6) is 0 Å². The SMILES string of the molecule is CC[C@H](C)NC(=O)NC(=O)Cn1ncc(=O)c2ccccc21. The van der Waals surface area contributed by atoms with Gasteiger partial charge in [0.25, 0.3) is 0 Å². The first-order valence-corrected chi connectivity index (χ1v) is 7.06. The molecule has 0 saturated heterocycles. The van der Waals surface area contributed by atoms with Crippen LogP contribution in [0.15, 0.2) is 35.3 Å². The average molecular weight is 302 g/mol. The molecule has 0 saturated carbocycles. The number of hydrogen-bond donors (Lipinski definition) is 2. The molecule has 3 amide bonds. The Kier molecular flexibility index (Phi) is 4.88. The van der Waals surface area contributed by atoms with Gasteiger partial charge in [0.15, 0.2) is 0 Å². The Labute approximate surface area is 127 Å². The van der Waals surface area contributed by atoms with Gasteiger partial charge in [-0.2, -0.15) is 5.10 Å². The third-order valence-corrected chi connectivity index (χ3v) is 3.30. The maximum absolute atomic E-state index is 11.9. The quantitative estimate of drug-likeness (QED) is 0.882. The minimum atomic E-state index is -0.537. The van der Waals surface area contributed by atoms with E-state index in [9.17, 15) is 14.4 Å². The molecule has 2 N–H and O–H groups in total. The zero-order chi connectivity index (χ0) is 16.1. The molecule has 7 heteroatoms. The molecule has 0 aliphatic carbocycles. The van der Waals surface area contributed by atoms with Gasteiger partial charge < -0.3 is 5.32 Å². The number of nitrogens with zero attached hydrogens (tertiary/aromatic N) is 2. The van der Waals surface area contributed by atoms with Crippen molar-refractivity contribution in [3.63, 3.8) is 0 Å². The summed E-state index contributed by atoms with van der Waals surface area (Å²) in [5.74, 6) is -0.498. The summed E-state index contributed by atoms with van der Waals surface area (Å²) >= 11 is 0. The smallest absolute Gasteiger partial charge is 0.321 e. The first-order chi connectivity index (χ1) is 10.5. The lowest BCUT2D eigenvalue weighted by Gasteiger charge is -2.12. The van der Waals surface area contributed by atoms with Crippen molar-refractivity contribution >= 4 is 22.8 Å². The Morgan fingerprint density at radius 3 is 2.77 bits per heavy atom. The fraction of sp³-hybridized carbons (Fsp3) is 0.333. The lowest BCUT2D eigenvalue weighted by Crippen LogP contribution is -2.44. The summed E-state index contributed by atoms with van der Waals surface area (Å²) in [5, 5.41) is 9.31. The highest BCUT2D eigenvalue weighted by atomic mass is 16.2. The molecule has 116 valence electrons. The highest BCUT2D eigenvalue weighted by molar-refractivity contribution is 5.94. The van der Waals surface area contributed by atoms with E-state index in [0.29, 0.717) is 10.9 Å². The molecule has 0 fully saturated rings. The van der Waals surface area contributed by atoms with E-state index in [-0.39, 0.29) is 18.0 Å². The van der Waals surface area contributed by atoms with Crippen molar-refractivity contribution in [3.8, 4) is 0 Å². The van der Waals surface area contributed by atoms with E-state index in [1.54, 1.807) is 24.3 Å². The molecule has 7 nitrogen and oxygen atoms in total. The second-order valence-electron chi connectivity index (χ2n) is 5.01. The number of para-hydroxylation sites is 1. The highest BCUT2D eigenvalue weighted by Crippen LogP contribution is 2.07. The number of carbonyl (C=O) groups excluding carboxylic acids is 2. The van der Waals surface area contributed by atoms with Gasteiger partial charge in [-0.05, 0) is 25.5 Å². The van der Waals surface area contributed by atoms with Gasteiger partial charge in [-0.3, -0.25) is 19.6 Å². The summed E-state index contributed by atoms with van der Waals surface area (Å²) in [6, 6.07) is 6.32. The molecular weight excluding hydrogens is 284 g/mol. The van der Waals surface area contributed by atoms with E-state index in [4.69, 9.17) is 0 Å². The molecule has 0 radical (unpaired) electrons. The van der Waals surface area contributed by atoms with Crippen LogP contribution in [0, 0.1) is 0 Å². The fourth-order valence-electron chi connectivity index (χ4n) is 1.95. The molecule has 2 aromatic rings. The van der Waals surface area contributed by atoms with E-state index in [2.05, 4.69) is 15.7 Å². The predicted octanol–water partition coefficient (Wildman–Crippen LogP) is 1.02. The molecule has 2 rings (SSSR count). The lowest BCUT2D eigenvalue weighted by molar-refractivity contribution is -0.120. The number of aromatic nitrogens is 2. The van der Waals surface area contributed by atoms with Crippen molar-refractivity contribution in [2.75, 3.05) is 0 Å². The zero-order valence-corrected chi connectivity index (χ0v) is 12.5. The van der Waals surface area contributed by atoms with Crippen molar-refractivity contribution in [3.05, 3.63) is 40.7 Å². The van der Waals surface area contributed by atoms with Gasteiger partial charge in [-0.25, -0.2) is 4.79 Å². The summed E-state index contributed by atoms with van der Waals surface area (Å²) in [4.78, 5) is 35.2. The number of carbonyl (C=O) groups is 2. The minimum absolute atomic E-state index is 0.0147. The van der Waals surface area contributed by atoms with Crippen LogP contribution in [-0.2, 0) is 11.3 Å². The Bertz CT molecular complexity index is 754. The second kappa shape index (κ2) is 6.84. The largest absolute Gasteiger partial charge is 0.335 e. The summed E-state index contributed by atoms with van der Waals surface area (Å²) in [5.41, 5.74) is 0.342. The van der Waals surface area contributed by atoms with E-state index < -0.39 is 11.9 Å². The molecule has 0 unspecified atom stereocenters. The van der Waals surface area contributed by atoms with Crippen LogP contribution in [-0.4, -0.2) is 27.8 Å². The molecule has 1 aromatic heterocycles. The monoisotopic (exact) mass is 302 g/mol. The van der Waals surface area contributed by atoms with Crippen LogP contribution in [0.25, 0.3) is 10.9 Å². The molecule has 0 spiro atoms. The van der Waals surface area contributed by atoms with Gasteiger partial charge in [0.1, 0.15) is 6.54 Å². The fourth-order valence-corrected chi connectivity index (χ4v) is 1.95. The van der Waals surface area contributed by atoms with E-state index in [0.717, 1.165) is 12.6 Å². The molecule has 1 atom stereocenters. The number of fused-ring (bicyclic) bond motifs is 1. The van der Waals surface area contributed by atoms with Gasteiger partial charge in [0.05, 0.1) is 11.7 Å². The van der Waals surface area contributed by atoms with Crippen LogP contribution in [0.4, 0.5) is 4.79 Å². The number of rotatable bonds is 4. The number of benzene rings is 1. The molecule has 0 aliphatic rings. The Morgan fingerprint density at radius 2 is 2.05 bits per heavy atom. The maximum Gasteiger partial charge on any atom is 0.321 e. The van der Waals surface area contributed by atoms with Gasteiger partial charge in [-0.15, -0.1) is 0 Å². The third kappa shape index (κ3) is 3.69. The van der Waals surface area contributed by atoms with Crippen LogP contribution in [0.1, 0.15) is 20.3 Å². The maximum atomic E-state index is 11.9. The summed E-state index contributed by atoms with van der Waals surface area (Å²) in [6.07, 6.45) is 1.93. The number of nitrogens with one attached hydrogen (secondary N) is 2. The Morgan fingerprint density at radius 1 is 1.32 bits per heavy atom. The molecule has 0 bridgehead atoms. The summed E-state index contributed by atoms with van der Waals surface area (Å²) < 4.78 is 1.39. The first kappa shape index (κ1) is 15.7. The van der Waals surface area contributed by atoms with Crippen molar-refractivity contribution in [1.82, 2.24) is 20.4 Å². The van der Waals surface area contributed by atoms with Gasteiger partial charge in [-0.1, -0.05) is 19.1 Å². The van der Waals surface area contributed by atoms with Gasteiger partial charge in [0, 0.05) is 11.4 Å². The number of hydrogen-bond acceptors (Lipinski definition) is 4. The van der Waals surface area contributed by atoms with E-state index >= 15 is 0 Å². The summed E-state index contributed by atoms with van der Waals surface area (Å²) in [6.45, 7) is 3.64. The first-order valence-electron chi connectivity index (χ1n) is 7.06. The molecule has 0 aliphatic heterocycles. The minimum Gasteiger partial charge on any atom is -0.335 e. The lowest BCUT2D eigenvalue weighted by atomic mass is 10.2. The van der Waals surface area contributed by atoms with Crippen LogP contribution in [0.3, 0.4) is 0 Å². The van der Waals surface area contributed by atoms with Crippen molar-refractivity contribution in [2.24, 2.45) is 0 Å².